The van der Waals surface area contributed by atoms with Gasteiger partial charge in [-0.15, -0.1) is 11.3 Å². The van der Waals surface area contributed by atoms with E-state index >= 15 is 0 Å². The van der Waals surface area contributed by atoms with Crippen molar-refractivity contribution in [1.29, 1.82) is 0 Å². The summed E-state index contributed by atoms with van der Waals surface area (Å²) in [5, 5.41) is 5.06. The lowest BCUT2D eigenvalue weighted by atomic mass is 9.95. The first-order valence-electron chi connectivity index (χ1n) is 7.99. The van der Waals surface area contributed by atoms with E-state index in [0.29, 0.717) is 13.2 Å². The number of carbonyl (C=O) groups excluding carboxylic acids is 1. The number of benzene rings is 1. The third kappa shape index (κ3) is 3.70. The van der Waals surface area contributed by atoms with Gasteiger partial charge >= 0.3 is 5.97 Å². The molecule has 1 heterocycles. The number of halogens is 1. The van der Waals surface area contributed by atoms with Gasteiger partial charge in [0.15, 0.2) is 0 Å². The van der Waals surface area contributed by atoms with Crippen molar-refractivity contribution >= 4 is 33.9 Å². The highest BCUT2D eigenvalue weighted by molar-refractivity contribution is 7.16. The molecule has 122 valence electrons. The maximum atomic E-state index is 12.4. The number of aryl methyl sites for hydroxylation is 1. The van der Waals surface area contributed by atoms with Gasteiger partial charge in [-0.05, 0) is 55.9 Å². The molecule has 1 aliphatic carbocycles. The standard InChI is InChI=1S/C18H20ClNO2S/c1-2-22-18(21)16-14-8-3-4-9-15(14)23-17(16)20-11-12-6-5-7-13(19)10-12/h5-7,10,20H,2-4,8-9,11H2,1H3. The summed E-state index contributed by atoms with van der Waals surface area (Å²) in [4.78, 5) is 13.7. The fourth-order valence-corrected chi connectivity index (χ4v) is 4.42. The zero-order chi connectivity index (χ0) is 16.2. The molecule has 0 fully saturated rings. The lowest BCUT2D eigenvalue weighted by Crippen LogP contribution is -2.11. The normalized spacial score (nSPS) is 13.5. The van der Waals surface area contributed by atoms with E-state index in [1.165, 1.54) is 16.9 Å². The maximum absolute atomic E-state index is 12.4. The summed E-state index contributed by atoms with van der Waals surface area (Å²) < 4.78 is 5.27. The van der Waals surface area contributed by atoms with Crippen molar-refractivity contribution in [2.75, 3.05) is 11.9 Å². The number of carbonyl (C=O) groups is 1. The zero-order valence-electron chi connectivity index (χ0n) is 13.2. The minimum atomic E-state index is -0.208. The number of anilines is 1. The largest absolute Gasteiger partial charge is 0.462 e. The second-order valence-electron chi connectivity index (χ2n) is 5.62. The highest BCUT2D eigenvalue weighted by Gasteiger charge is 2.26. The van der Waals surface area contributed by atoms with Crippen molar-refractivity contribution in [2.45, 2.75) is 39.2 Å². The molecule has 0 spiro atoms. The molecule has 5 heteroatoms. The second-order valence-corrected chi connectivity index (χ2v) is 7.16. The Bertz CT molecular complexity index is 711. The summed E-state index contributed by atoms with van der Waals surface area (Å²) in [5.41, 5.74) is 3.03. The van der Waals surface area contributed by atoms with E-state index in [-0.39, 0.29) is 5.97 Å². The molecular formula is C18H20ClNO2S. The number of hydrogen-bond acceptors (Lipinski definition) is 4. The maximum Gasteiger partial charge on any atom is 0.341 e. The average Bonchev–Trinajstić information content (AvgIpc) is 2.91. The van der Waals surface area contributed by atoms with Crippen molar-refractivity contribution in [3.63, 3.8) is 0 Å². The van der Waals surface area contributed by atoms with Crippen LogP contribution in [0.4, 0.5) is 5.00 Å². The molecule has 0 amide bonds. The van der Waals surface area contributed by atoms with Gasteiger partial charge in [0.05, 0.1) is 12.2 Å². The van der Waals surface area contributed by atoms with Crippen LogP contribution in [0, 0.1) is 0 Å². The Hall–Kier alpha value is -1.52. The van der Waals surface area contributed by atoms with E-state index in [0.717, 1.165) is 40.4 Å². The number of hydrogen-bond donors (Lipinski definition) is 1. The minimum absolute atomic E-state index is 0.208. The van der Waals surface area contributed by atoms with E-state index in [1.807, 2.05) is 31.2 Å². The number of rotatable bonds is 5. The molecule has 0 aliphatic heterocycles. The van der Waals surface area contributed by atoms with Crippen LogP contribution in [0.25, 0.3) is 0 Å². The molecule has 3 nitrogen and oxygen atoms in total. The Morgan fingerprint density at radius 3 is 2.96 bits per heavy atom. The third-order valence-corrected chi connectivity index (χ3v) is 5.48. The van der Waals surface area contributed by atoms with Crippen LogP contribution in [0.15, 0.2) is 24.3 Å². The predicted octanol–water partition coefficient (Wildman–Crippen LogP) is 5.07. The van der Waals surface area contributed by atoms with Crippen molar-refractivity contribution < 1.29 is 9.53 Å². The quantitative estimate of drug-likeness (QED) is 0.766. The van der Waals surface area contributed by atoms with Gasteiger partial charge < -0.3 is 10.1 Å². The second kappa shape index (κ2) is 7.37. The van der Waals surface area contributed by atoms with Crippen LogP contribution in [0.5, 0.6) is 0 Å². The van der Waals surface area contributed by atoms with Gasteiger partial charge in [0.1, 0.15) is 5.00 Å². The molecule has 0 bridgehead atoms. The Morgan fingerprint density at radius 1 is 1.35 bits per heavy atom. The molecule has 0 radical (unpaired) electrons. The number of ether oxygens (including phenoxy) is 1. The van der Waals surface area contributed by atoms with Crippen LogP contribution in [-0.4, -0.2) is 12.6 Å². The SMILES string of the molecule is CCOC(=O)c1c(NCc2cccc(Cl)c2)sc2c1CCCC2. The van der Waals surface area contributed by atoms with E-state index < -0.39 is 0 Å². The number of nitrogens with one attached hydrogen (secondary N) is 1. The van der Waals surface area contributed by atoms with E-state index in [1.54, 1.807) is 11.3 Å². The molecule has 2 aromatic rings. The van der Waals surface area contributed by atoms with E-state index in [9.17, 15) is 4.79 Å². The molecule has 1 aromatic heterocycles. The van der Waals surface area contributed by atoms with Gasteiger partial charge in [-0.25, -0.2) is 4.79 Å². The lowest BCUT2D eigenvalue weighted by molar-refractivity contribution is 0.0526. The topological polar surface area (TPSA) is 38.3 Å². The molecule has 0 unspecified atom stereocenters. The molecule has 0 saturated carbocycles. The molecule has 0 atom stereocenters. The Labute approximate surface area is 145 Å². The van der Waals surface area contributed by atoms with Crippen LogP contribution in [0.1, 0.15) is 46.1 Å². The van der Waals surface area contributed by atoms with Crippen LogP contribution in [-0.2, 0) is 24.1 Å². The monoisotopic (exact) mass is 349 g/mol. The number of fused-ring (bicyclic) bond motifs is 1. The summed E-state index contributed by atoms with van der Waals surface area (Å²) >= 11 is 7.73. The molecule has 0 saturated heterocycles. The fraction of sp³-hybridized carbons (Fsp3) is 0.389. The predicted molar refractivity (Wildman–Crippen MR) is 95.7 cm³/mol. The summed E-state index contributed by atoms with van der Waals surface area (Å²) in [6.45, 7) is 2.89. The van der Waals surface area contributed by atoms with Crippen LogP contribution < -0.4 is 5.32 Å². The lowest BCUT2D eigenvalue weighted by Gasteiger charge is -2.12. The van der Waals surface area contributed by atoms with Crippen molar-refractivity contribution in [3.8, 4) is 0 Å². The van der Waals surface area contributed by atoms with Gasteiger partial charge in [0, 0.05) is 16.4 Å². The van der Waals surface area contributed by atoms with E-state index in [4.69, 9.17) is 16.3 Å². The first-order chi connectivity index (χ1) is 11.2. The van der Waals surface area contributed by atoms with Gasteiger partial charge in [-0.2, -0.15) is 0 Å². The van der Waals surface area contributed by atoms with Gasteiger partial charge in [0.25, 0.3) is 0 Å². The van der Waals surface area contributed by atoms with Crippen molar-refractivity contribution in [1.82, 2.24) is 0 Å². The Kier molecular flexibility index (Phi) is 5.23. The Balaban J connectivity index is 1.85. The highest BCUT2D eigenvalue weighted by atomic mass is 35.5. The van der Waals surface area contributed by atoms with Gasteiger partial charge in [-0.1, -0.05) is 23.7 Å². The zero-order valence-corrected chi connectivity index (χ0v) is 14.7. The van der Waals surface area contributed by atoms with Crippen LogP contribution >= 0.6 is 22.9 Å². The number of esters is 1. The smallest absolute Gasteiger partial charge is 0.341 e. The van der Waals surface area contributed by atoms with Crippen molar-refractivity contribution in [3.05, 3.63) is 50.9 Å². The summed E-state index contributed by atoms with van der Waals surface area (Å²) in [6, 6.07) is 7.76. The molecule has 1 N–H and O–H groups in total. The fourth-order valence-electron chi connectivity index (χ4n) is 2.94. The average molecular weight is 350 g/mol. The third-order valence-electron chi connectivity index (χ3n) is 3.99. The molecule has 1 aliphatic rings. The number of thiophene rings is 1. The van der Waals surface area contributed by atoms with E-state index in [2.05, 4.69) is 5.32 Å². The van der Waals surface area contributed by atoms with Gasteiger partial charge in [0.2, 0.25) is 0 Å². The van der Waals surface area contributed by atoms with Crippen LogP contribution in [0.3, 0.4) is 0 Å². The van der Waals surface area contributed by atoms with Gasteiger partial charge in [-0.3, -0.25) is 0 Å². The first kappa shape index (κ1) is 16.3. The molecule has 3 rings (SSSR count). The Morgan fingerprint density at radius 2 is 2.17 bits per heavy atom. The molecular weight excluding hydrogens is 330 g/mol. The van der Waals surface area contributed by atoms with Crippen LogP contribution in [0.2, 0.25) is 5.02 Å². The molecule has 23 heavy (non-hydrogen) atoms. The molecule has 1 aromatic carbocycles. The summed E-state index contributed by atoms with van der Waals surface area (Å²) in [5.74, 6) is -0.208. The summed E-state index contributed by atoms with van der Waals surface area (Å²) in [6.07, 6.45) is 4.37. The van der Waals surface area contributed by atoms with Crippen molar-refractivity contribution in [2.24, 2.45) is 0 Å². The highest BCUT2D eigenvalue weighted by Crippen LogP contribution is 2.38. The summed E-state index contributed by atoms with van der Waals surface area (Å²) in [7, 11) is 0. The minimum Gasteiger partial charge on any atom is -0.462 e. The first-order valence-corrected chi connectivity index (χ1v) is 9.18.